The Kier molecular flexibility index (Phi) is 6.61. The molecular weight excluding hydrogens is 404 g/mol. The highest BCUT2D eigenvalue weighted by atomic mass is 32.2. The molecule has 0 aliphatic carbocycles. The number of nitrogens with zero attached hydrogens (tertiary/aromatic N) is 3. The highest BCUT2D eigenvalue weighted by Crippen LogP contribution is 2.30. The lowest BCUT2D eigenvalue weighted by molar-refractivity contribution is 0.0525. The minimum absolute atomic E-state index is 0.134. The second kappa shape index (κ2) is 9.17. The third kappa shape index (κ3) is 4.11. The van der Waals surface area contributed by atoms with Crippen LogP contribution in [0.15, 0.2) is 35.7 Å². The van der Waals surface area contributed by atoms with E-state index in [-0.39, 0.29) is 12.4 Å². The summed E-state index contributed by atoms with van der Waals surface area (Å²) in [6.45, 7) is 7.33. The number of para-hydroxylation sites is 2. The standard InChI is InChI=1S/C21H24N4O4S/c1-6-29-20(27)17-12(2)18(23-13(17)3)19(26)14(4)30-21-24-22-11-25(21)15-9-7-8-10-16(15)28-5/h7-11,14,23H,6H2,1-5H3. The molecule has 0 spiro atoms. The van der Waals surface area contributed by atoms with E-state index in [4.69, 9.17) is 9.47 Å². The van der Waals surface area contributed by atoms with Crippen molar-refractivity contribution < 1.29 is 19.1 Å². The molecule has 3 aromatic rings. The van der Waals surface area contributed by atoms with Gasteiger partial charge in [0.05, 0.1) is 35.9 Å². The molecule has 0 fully saturated rings. The average Bonchev–Trinajstić information content (AvgIpc) is 3.31. The van der Waals surface area contributed by atoms with Crippen LogP contribution in [0.25, 0.3) is 5.69 Å². The topological polar surface area (TPSA) is 99.1 Å². The number of carbonyl (C=O) groups is 2. The first kappa shape index (κ1) is 21.6. The Morgan fingerprint density at radius 2 is 2.00 bits per heavy atom. The third-order valence-corrected chi connectivity index (χ3v) is 5.73. The van der Waals surface area contributed by atoms with Gasteiger partial charge < -0.3 is 14.5 Å². The lowest BCUT2D eigenvalue weighted by atomic mass is 10.1. The van der Waals surface area contributed by atoms with Crippen molar-refractivity contribution >= 4 is 23.5 Å². The molecule has 0 saturated carbocycles. The molecule has 1 unspecified atom stereocenters. The number of benzene rings is 1. The van der Waals surface area contributed by atoms with Gasteiger partial charge in [-0.15, -0.1) is 10.2 Å². The fourth-order valence-corrected chi connectivity index (χ4v) is 4.11. The molecule has 0 radical (unpaired) electrons. The van der Waals surface area contributed by atoms with Gasteiger partial charge in [-0.05, 0) is 45.4 Å². The third-order valence-electron chi connectivity index (χ3n) is 4.68. The summed E-state index contributed by atoms with van der Waals surface area (Å²) in [5.74, 6) is 0.109. The van der Waals surface area contributed by atoms with Crippen molar-refractivity contribution in [2.24, 2.45) is 0 Å². The van der Waals surface area contributed by atoms with E-state index in [1.807, 2.05) is 24.3 Å². The maximum absolute atomic E-state index is 13.1. The zero-order chi connectivity index (χ0) is 21.8. The molecule has 9 heteroatoms. The van der Waals surface area contributed by atoms with Crippen LogP contribution in [0.4, 0.5) is 0 Å². The van der Waals surface area contributed by atoms with Crippen molar-refractivity contribution in [1.29, 1.82) is 0 Å². The predicted octanol–water partition coefficient (Wildman–Crippen LogP) is 3.76. The van der Waals surface area contributed by atoms with E-state index in [9.17, 15) is 9.59 Å². The van der Waals surface area contributed by atoms with Crippen LogP contribution >= 0.6 is 11.8 Å². The highest BCUT2D eigenvalue weighted by Gasteiger charge is 2.27. The van der Waals surface area contributed by atoms with Crippen molar-refractivity contribution in [2.75, 3.05) is 13.7 Å². The van der Waals surface area contributed by atoms with E-state index in [2.05, 4.69) is 15.2 Å². The molecule has 0 aliphatic rings. The minimum atomic E-state index is -0.463. The predicted molar refractivity (Wildman–Crippen MR) is 114 cm³/mol. The fraction of sp³-hybridized carbons (Fsp3) is 0.333. The van der Waals surface area contributed by atoms with E-state index in [0.29, 0.717) is 33.4 Å². The second-order valence-electron chi connectivity index (χ2n) is 6.63. The van der Waals surface area contributed by atoms with E-state index in [0.717, 1.165) is 5.69 Å². The number of aromatic nitrogens is 4. The minimum Gasteiger partial charge on any atom is -0.495 e. The molecule has 8 nitrogen and oxygen atoms in total. The highest BCUT2D eigenvalue weighted by molar-refractivity contribution is 8.00. The number of ether oxygens (including phenoxy) is 2. The van der Waals surface area contributed by atoms with Gasteiger partial charge in [-0.2, -0.15) is 0 Å². The van der Waals surface area contributed by atoms with Gasteiger partial charge in [0.25, 0.3) is 0 Å². The van der Waals surface area contributed by atoms with Crippen LogP contribution in [0.3, 0.4) is 0 Å². The Morgan fingerprint density at radius 1 is 1.27 bits per heavy atom. The number of hydrogen-bond acceptors (Lipinski definition) is 7. The van der Waals surface area contributed by atoms with Gasteiger partial charge in [0, 0.05) is 5.69 Å². The molecule has 0 saturated heterocycles. The zero-order valence-corrected chi connectivity index (χ0v) is 18.4. The van der Waals surface area contributed by atoms with E-state index in [1.165, 1.54) is 11.8 Å². The molecule has 2 heterocycles. The van der Waals surface area contributed by atoms with Gasteiger partial charge in [0.2, 0.25) is 0 Å². The van der Waals surface area contributed by atoms with Gasteiger partial charge in [-0.3, -0.25) is 9.36 Å². The normalized spacial score (nSPS) is 11.9. The Morgan fingerprint density at radius 3 is 2.70 bits per heavy atom. The van der Waals surface area contributed by atoms with Crippen LogP contribution in [-0.2, 0) is 4.74 Å². The summed E-state index contributed by atoms with van der Waals surface area (Å²) < 4.78 is 12.3. The summed E-state index contributed by atoms with van der Waals surface area (Å²) in [5.41, 5.74) is 2.80. The summed E-state index contributed by atoms with van der Waals surface area (Å²) in [7, 11) is 1.60. The lowest BCUT2D eigenvalue weighted by Gasteiger charge is -2.13. The maximum Gasteiger partial charge on any atom is 0.340 e. The number of H-pyrrole nitrogens is 1. The summed E-state index contributed by atoms with van der Waals surface area (Å²) in [6, 6.07) is 7.51. The molecule has 1 atom stereocenters. The largest absolute Gasteiger partial charge is 0.495 e. The number of carbonyl (C=O) groups excluding carboxylic acids is 2. The lowest BCUT2D eigenvalue weighted by Crippen LogP contribution is -2.16. The molecule has 2 aromatic heterocycles. The van der Waals surface area contributed by atoms with Crippen molar-refractivity contribution in [2.45, 2.75) is 38.1 Å². The Bertz CT molecular complexity index is 1070. The van der Waals surface area contributed by atoms with Crippen molar-refractivity contribution in [1.82, 2.24) is 19.7 Å². The van der Waals surface area contributed by atoms with Gasteiger partial charge >= 0.3 is 5.97 Å². The zero-order valence-electron chi connectivity index (χ0n) is 17.6. The van der Waals surface area contributed by atoms with E-state index in [1.54, 1.807) is 45.7 Å². The first-order chi connectivity index (χ1) is 14.4. The number of hydrogen-bond donors (Lipinski definition) is 1. The number of ketones is 1. The second-order valence-corrected chi connectivity index (χ2v) is 7.93. The number of methoxy groups -OCH3 is 1. The Hall–Kier alpha value is -3.07. The molecular formula is C21H24N4O4S. The average molecular weight is 429 g/mol. The number of nitrogens with one attached hydrogen (secondary N) is 1. The number of aromatic amines is 1. The number of esters is 1. The number of aryl methyl sites for hydroxylation is 1. The Balaban J connectivity index is 1.86. The monoisotopic (exact) mass is 428 g/mol. The molecule has 1 aromatic carbocycles. The SMILES string of the molecule is CCOC(=O)c1c(C)[nH]c(C(=O)C(C)Sc2nncn2-c2ccccc2OC)c1C. The summed E-state index contributed by atoms with van der Waals surface area (Å²) in [6.07, 6.45) is 1.58. The van der Waals surface area contributed by atoms with Crippen molar-refractivity contribution in [3.05, 3.63) is 53.1 Å². The Labute approximate surface area is 179 Å². The summed E-state index contributed by atoms with van der Waals surface area (Å²) in [5, 5.41) is 8.26. The van der Waals surface area contributed by atoms with Crippen LogP contribution in [0.2, 0.25) is 0 Å². The van der Waals surface area contributed by atoms with Gasteiger partial charge in [-0.25, -0.2) is 4.79 Å². The number of thioether (sulfide) groups is 1. The van der Waals surface area contributed by atoms with Gasteiger partial charge in [0.15, 0.2) is 10.9 Å². The molecule has 3 rings (SSSR count). The van der Waals surface area contributed by atoms with E-state index < -0.39 is 11.2 Å². The van der Waals surface area contributed by atoms with Gasteiger partial charge in [-0.1, -0.05) is 23.9 Å². The maximum atomic E-state index is 13.1. The molecule has 158 valence electrons. The van der Waals surface area contributed by atoms with Crippen molar-refractivity contribution in [3.8, 4) is 11.4 Å². The summed E-state index contributed by atoms with van der Waals surface area (Å²) >= 11 is 1.28. The first-order valence-electron chi connectivity index (χ1n) is 9.49. The quantitative estimate of drug-likeness (QED) is 0.331. The number of rotatable bonds is 8. The van der Waals surface area contributed by atoms with Crippen LogP contribution in [0, 0.1) is 13.8 Å². The molecule has 0 bridgehead atoms. The molecule has 30 heavy (non-hydrogen) atoms. The fourth-order valence-electron chi connectivity index (χ4n) is 3.22. The number of Topliss-reactive ketones (excluding diaryl/α,β-unsaturated/α-hetero) is 1. The van der Waals surface area contributed by atoms with E-state index >= 15 is 0 Å². The van der Waals surface area contributed by atoms with Crippen molar-refractivity contribution in [3.63, 3.8) is 0 Å². The summed E-state index contributed by atoms with van der Waals surface area (Å²) in [4.78, 5) is 28.4. The molecule has 1 N–H and O–H groups in total. The van der Waals surface area contributed by atoms with Gasteiger partial charge in [0.1, 0.15) is 12.1 Å². The molecule has 0 aliphatic heterocycles. The van der Waals surface area contributed by atoms with Crippen LogP contribution in [0.1, 0.15) is 46.0 Å². The van der Waals surface area contributed by atoms with Crippen LogP contribution in [0.5, 0.6) is 5.75 Å². The van der Waals surface area contributed by atoms with Crippen LogP contribution in [-0.4, -0.2) is 50.5 Å². The smallest absolute Gasteiger partial charge is 0.340 e. The van der Waals surface area contributed by atoms with Crippen LogP contribution < -0.4 is 4.74 Å². The first-order valence-corrected chi connectivity index (χ1v) is 10.4. The molecule has 0 amide bonds.